The highest BCUT2D eigenvalue weighted by Gasteiger charge is 2.42. The number of nitrogens with zero attached hydrogens (tertiary/aromatic N) is 2. The molecule has 3 nitrogen and oxygen atoms in total. The molecule has 2 aliphatic rings. The predicted octanol–water partition coefficient (Wildman–Crippen LogP) is 1.78. The zero-order valence-electron chi connectivity index (χ0n) is 12.7. The monoisotopic (exact) mass is 253 g/mol. The van der Waals surface area contributed by atoms with Gasteiger partial charge in [0.05, 0.1) is 0 Å². The van der Waals surface area contributed by atoms with Crippen molar-refractivity contribution in [1.29, 1.82) is 0 Å². The minimum atomic E-state index is 0.338. The van der Waals surface area contributed by atoms with Crippen molar-refractivity contribution in [3.8, 4) is 0 Å². The third kappa shape index (κ3) is 3.06. The van der Waals surface area contributed by atoms with E-state index in [0.717, 1.165) is 5.92 Å². The second-order valence-electron chi connectivity index (χ2n) is 7.36. The van der Waals surface area contributed by atoms with Crippen LogP contribution in [-0.4, -0.2) is 55.6 Å². The normalized spacial score (nSPS) is 34.3. The first-order valence-electron chi connectivity index (χ1n) is 7.54. The highest BCUT2D eigenvalue weighted by atomic mass is 15.2. The van der Waals surface area contributed by atoms with Crippen molar-refractivity contribution in [2.75, 3.05) is 33.7 Å². The lowest BCUT2D eigenvalue weighted by atomic mass is 9.86. The van der Waals surface area contributed by atoms with E-state index >= 15 is 0 Å². The Balaban J connectivity index is 1.83. The van der Waals surface area contributed by atoms with Crippen LogP contribution in [0.15, 0.2) is 0 Å². The van der Waals surface area contributed by atoms with Crippen LogP contribution in [0, 0.1) is 11.3 Å². The molecule has 2 fully saturated rings. The Labute approximate surface area is 113 Å². The Morgan fingerprint density at radius 3 is 2.22 bits per heavy atom. The maximum atomic E-state index is 6.45. The lowest BCUT2D eigenvalue weighted by molar-refractivity contribution is 0.105. The van der Waals surface area contributed by atoms with Crippen molar-refractivity contribution in [2.45, 2.75) is 51.6 Å². The summed E-state index contributed by atoms with van der Waals surface area (Å²) in [5.41, 5.74) is 6.79. The summed E-state index contributed by atoms with van der Waals surface area (Å²) in [4.78, 5) is 5.00. The Bertz CT molecular complexity index is 267. The summed E-state index contributed by atoms with van der Waals surface area (Å²) in [5, 5.41) is 0. The maximum Gasteiger partial charge on any atom is 0.0252 e. The molecule has 0 aromatic rings. The summed E-state index contributed by atoms with van der Waals surface area (Å²) < 4.78 is 0. The first-order chi connectivity index (χ1) is 8.40. The largest absolute Gasteiger partial charge is 0.326 e. The summed E-state index contributed by atoms with van der Waals surface area (Å²) in [6, 6.07) is 1.00. The number of hydrogen-bond acceptors (Lipinski definition) is 3. The van der Waals surface area contributed by atoms with E-state index in [1.807, 2.05) is 0 Å². The fraction of sp³-hybridized carbons (Fsp3) is 1.00. The molecule has 1 aliphatic heterocycles. The van der Waals surface area contributed by atoms with Gasteiger partial charge in [0.15, 0.2) is 0 Å². The highest BCUT2D eigenvalue weighted by molar-refractivity contribution is 4.99. The summed E-state index contributed by atoms with van der Waals surface area (Å²) in [7, 11) is 4.36. The van der Waals surface area contributed by atoms with Crippen LogP contribution in [0.3, 0.4) is 0 Å². The van der Waals surface area contributed by atoms with Crippen LogP contribution < -0.4 is 5.73 Å². The van der Waals surface area contributed by atoms with Gasteiger partial charge in [0.25, 0.3) is 0 Å². The van der Waals surface area contributed by atoms with E-state index < -0.39 is 0 Å². The molecule has 0 aromatic heterocycles. The number of piperidine rings is 1. The Hall–Kier alpha value is -0.120. The average molecular weight is 253 g/mol. The third-order valence-corrected chi connectivity index (χ3v) is 5.14. The Morgan fingerprint density at radius 1 is 1.17 bits per heavy atom. The zero-order chi connectivity index (χ0) is 13.3. The molecular weight excluding hydrogens is 222 g/mol. The van der Waals surface area contributed by atoms with Gasteiger partial charge in [-0.05, 0) is 64.2 Å². The van der Waals surface area contributed by atoms with E-state index in [2.05, 4.69) is 37.7 Å². The fourth-order valence-corrected chi connectivity index (χ4v) is 3.78. The molecule has 1 aliphatic carbocycles. The minimum Gasteiger partial charge on any atom is -0.326 e. The van der Waals surface area contributed by atoms with Crippen LogP contribution in [0.4, 0.5) is 0 Å². The third-order valence-electron chi connectivity index (χ3n) is 5.14. The fourth-order valence-electron chi connectivity index (χ4n) is 3.78. The molecule has 2 N–H and O–H groups in total. The van der Waals surface area contributed by atoms with E-state index in [-0.39, 0.29) is 0 Å². The van der Waals surface area contributed by atoms with E-state index in [1.165, 1.54) is 45.3 Å². The lowest BCUT2D eigenvalue weighted by Gasteiger charge is -2.40. The molecule has 2 unspecified atom stereocenters. The van der Waals surface area contributed by atoms with Gasteiger partial charge < -0.3 is 10.6 Å². The zero-order valence-corrected chi connectivity index (χ0v) is 12.7. The van der Waals surface area contributed by atoms with Crippen molar-refractivity contribution in [3.63, 3.8) is 0 Å². The quantitative estimate of drug-likeness (QED) is 0.832. The van der Waals surface area contributed by atoms with Gasteiger partial charge in [-0.1, -0.05) is 13.8 Å². The SMILES string of the molecule is CN(C)CC1CCN(C2CCC(C)(C)C2N)CC1. The van der Waals surface area contributed by atoms with Crippen molar-refractivity contribution in [2.24, 2.45) is 17.1 Å². The van der Waals surface area contributed by atoms with Crippen LogP contribution in [0.5, 0.6) is 0 Å². The smallest absolute Gasteiger partial charge is 0.0252 e. The van der Waals surface area contributed by atoms with Gasteiger partial charge in [0, 0.05) is 18.6 Å². The second-order valence-corrected chi connectivity index (χ2v) is 7.36. The molecule has 3 heteroatoms. The van der Waals surface area contributed by atoms with Crippen LogP contribution in [0.25, 0.3) is 0 Å². The topological polar surface area (TPSA) is 32.5 Å². The summed E-state index contributed by atoms with van der Waals surface area (Å²) >= 11 is 0. The van der Waals surface area contributed by atoms with Gasteiger partial charge in [-0.3, -0.25) is 4.90 Å². The van der Waals surface area contributed by atoms with Crippen LogP contribution in [0.2, 0.25) is 0 Å². The molecule has 0 amide bonds. The predicted molar refractivity (Wildman–Crippen MR) is 77.6 cm³/mol. The molecule has 0 radical (unpaired) electrons. The minimum absolute atomic E-state index is 0.338. The lowest BCUT2D eigenvalue weighted by Crippen LogP contribution is -2.51. The van der Waals surface area contributed by atoms with Crippen molar-refractivity contribution in [3.05, 3.63) is 0 Å². The van der Waals surface area contributed by atoms with E-state index in [9.17, 15) is 0 Å². The first kappa shape index (κ1) is 14.3. The molecule has 106 valence electrons. The van der Waals surface area contributed by atoms with E-state index in [4.69, 9.17) is 5.73 Å². The van der Waals surface area contributed by atoms with Crippen LogP contribution >= 0.6 is 0 Å². The van der Waals surface area contributed by atoms with Crippen molar-refractivity contribution < 1.29 is 0 Å². The number of likely N-dealkylation sites (tertiary alicyclic amines) is 1. The maximum absolute atomic E-state index is 6.45. The first-order valence-corrected chi connectivity index (χ1v) is 7.54. The molecule has 2 rings (SSSR count). The van der Waals surface area contributed by atoms with Gasteiger partial charge in [0.1, 0.15) is 0 Å². The number of rotatable bonds is 3. The van der Waals surface area contributed by atoms with E-state index in [1.54, 1.807) is 0 Å². The van der Waals surface area contributed by atoms with Gasteiger partial charge >= 0.3 is 0 Å². The molecular formula is C15H31N3. The summed E-state index contributed by atoms with van der Waals surface area (Å²) in [6.45, 7) is 8.42. The molecule has 0 spiro atoms. The number of hydrogen-bond donors (Lipinski definition) is 1. The van der Waals surface area contributed by atoms with E-state index in [0.29, 0.717) is 17.5 Å². The summed E-state index contributed by atoms with van der Waals surface area (Å²) in [5.74, 6) is 0.891. The Kier molecular flexibility index (Phi) is 4.35. The van der Waals surface area contributed by atoms with Gasteiger partial charge in [-0.2, -0.15) is 0 Å². The van der Waals surface area contributed by atoms with Gasteiger partial charge in [0.2, 0.25) is 0 Å². The molecule has 2 atom stereocenters. The summed E-state index contributed by atoms with van der Waals surface area (Å²) in [6.07, 6.45) is 5.28. The van der Waals surface area contributed by atoms with Crippen molar-refractivity contribution >= 4 is 0 Å². The molecule has 0 aromatic carbocycles. The Morgan fingerprint density at radius 2 is 1.78 bits per heavy atom. The van der Waals surface area contributed by atoms with Gasteiger partial charge in [-0.25, -0.2) is 0 Å². The number of nitrogens with two attached hydrogens (primary N) is 1. The highest BCUT2D eigenvalue weighted by Crippen LogP contribution is 2.39. The van der Waals surface area contributed by atoms with Gasteiger partial charge in [-0.15, -0.1) is 0 Å². The van der Waals surface area contributed by atoms with Crippen LogP contribution in [0.1, 0.15) is 39.5 Å². The van der Waals surface area contributed by atoms with Crippen molar-refractivity contribution in [1.82, 2.24) is 9.80 Å². The average Bonchev–Trinajstić information content (AvgIpc) is 2.55. The second kappa shape index (κ2) is 5.48. The molecule has 1 saturated heterocycles. The molecule has 0 bridgehead atoms. The molecule has 1 saturated carbocycles. The standard InChI is InChI=1S/C15H31N3/c1-15(2)8-5-13(14(15)16)18-9-6-12(7-10-18)11-17(3)4/h12-14H,5-11,16H2,1-4H3. The molecule has 1 heterocycles. The van der Waals surface area contributed by atoms with Crippen LogP contribution in [-0.2, 0) is 0 Å². The molecule has 18 heavy (non-hydrogen) atoms.